The van der Waals surface area contributed by atoms with Crippen LogP contribution in [0.25, 0.3) is 0 Å². The smallest absolute Gasteiger partial charge is 0.290 e. The van der Waals surface area contributed by atoms with Crippen molar-refractivity contribution in [1.29, 1.82) is 0 Å². The number of benzene rings is 2. The van der Waals surface area contributed by atoms with Gasteiger partial charge in [-0.3, -0.25) is 10.1 Å². The third kappa shape index (κ3) is 4.36. The second-order valence-corrected chi connectivity index (χ2v) is 7.82. The Hall–Kier alpha value is -2.52. The molecule has 2 rings (SSSR count). The van der Waals surface area contributed by atoms with Crippen LogP contribution in [0.1, 0.15) is 25.0 Å². The molecule has 0 saturated carbocycles. The lowest BCUT2D eigenvalue weighted by Crippen LogP contribution is -2.27. The van der Waals surface area contributed by atoms with Gasteiger partial charge in [-0.25, -0.2) is 12.8 Å². The van der Waals surface area contributed by atoms with Crippen LogP contribution in [-0.2, 0) is 9.84 Å². The van der Waals surface area contributed by atoms with E-state index >= 15 is 0 Å². The van der Waals surface area contributed by atoms with Crippen molar-refractivity contribution in [2.45, 2.75) is 30.4 Å². The summed E-state index contributed by atoms with van der Waals surface area (Å²) in [5, 5.41) is 24.6. The molecule has 0 amide bonds. The van der Waals surface area contributed by atoms with Crippen LogP contribution in [0.3, 0.4) is 0 Å². The van der Waals surface area contributed by atoms with Gasteiger partial charge in [0.05, 0.1) is 11.0 Å². The van der Waals surface area contributed by atoms with E-state index in [0.29, 0.717) is 6.42 Å². The maximum Gasteiger partial charge on any atom is 0.290 e. The molecular formula is C17H19FN2O5S. The van der Waals surface area contributed by atoms with Crippen molar-refractivity contribution >= 4 is 21.2 Å². The molecule has 0 fully saturated rings. The lowest BCUT2D eigenvalue weighted by Gasteiger charge is -2.24. The summed E-state index contributed by atoms with van der Waals surface area (Å²) in [5.41, 5.74) is -0.201. The minimum Gasteiger partial charge on any atom is -0.386 e. The molecule has 0 aliphatic heterocycles. The Morgan fingerprint density at radius 3 is 2.46 bits per heavy atom. The highest BCUT2D eigenvalue weighted by atomic mass is 32.2. The fourth-order valence-corrected chi connectivity index (χ4v) is 3.44. The first-order chi connectivity index (χ1) is 12.1. The highest BCUT2D eigenvalue weighted by Gasteiger charge is 2.25. The Kier molecular flexibility index (Phi) is 5.94. The van der Waals surface area contributed by atoms with E-state index in [-0.39, 0.29) is 11.3 Å². The number of hydrogen-bond acceptors (Lipinski definition) is 6. The molecule has 9 heteroatoms. The van der Waals surface area contributed by atoms with E-state index in [1.54, 1.807) is 13.0 Å². The van der Waals surface area contributed by atoms with E-state index in [4.69, 9.17) is 0 Å². The Bertz CT molecular complexity index is 917. The van der Waals surface area contributed by atoms with Crippen molar-refractivity contribution in [2.75, 3.05) is 11.6 Å². The summed E-state index contributed by atoms with van der Waals surface area (Å²) in [7, 11) is -3.76. The first-order valence-corrected chi connectivity index (χ1v) is 9.71. The van der Waals surface area contributed by atoms with E-state index in [9.17, 15) is 28.0 Å². The van der Waals surface area contributed by atoms with Crippen LogP contribution in [0.2, 0.25) is 0 Å². The number of hydrogen-bond donors (Lipinski definition) is 2. The Morgan fingerprint density at radius 1 is 1.27 bits per heavy atom. The van der Waals surface area contributed by atoms with Crippen LogP contribution in [0.5, 0.6) is 0 Å². The van der Waals surface area contributed by atoms with E-state index in [1.165, 1.54) is 24.3 Å². The number of sulfone groups is 1. The van der Waals surface area contributed by atoms with Crippen molar-refractivity contribution < 1.29 is 22.8 Å². The number of aliphatic hydroxyl groups is 1. The van der Waals surface area contributed by atoms with E-state index in [0.717, 1.165) is 18.4 Å². The van der Waals surface area contributed by atoms with Crippen molar-refractivity contribution in [3.05, 3.63) is 64.0 Å². The summed E-state index contributed by atoms with van der Waals surface area (Å²) < 4.78 is 37.2. The van der Waals surface area contributed by atoms with Gasteiger partial charge in [-0.1, -0.05) is 25.1 Å². The number of anilines is 1. The van der Waals surface area contributed by atoms with Gasteiger partial charge in [0.1, 0.15) is 16.8 Å². The lowest BCUT2D eigenvalue weighted by molar-refractivity contribution is -0.387. The molecule has 0 bridgehead atoms. The van der Waals surface area contributed by atoms with Gasteiger partial charge in [0.15, 0.2) is 9.84 Å². The zero-order valence-corrected chi connectivity index (χ0v) is 15.0. The predicted octanol–water partition coefficient (Wildman–Crippen LogP) is 3.06. The highest BCUT2D eigenvalue weighted by Crippen LogP contribution is 2.30. The van der Waals surface area contributed by atoms with Crippen molar-refractivity contribution in [2.24, 2.45) is 0 Å². The van der Waals surface area contributed by atoms with Crippen LogP contribution < -0.4 is 5.32 Å². The molecule has 0 radical (unpaired) electrons. The van der Waals surface area contributed by atoms with E-state index < -0.39 is 43.3 Å². The molecule has 2 aromatic rings. The predicted molar refractivity (Wildman–Crippen MR) is 95.3 cm³/mol. The summed E-state index contributed by atoms with van der Waals surface area (Å²) in [5.74, 6) is -0.557. The zero-order valence-electron chi connectivity index (χ0n) is 14.2. The molecule has 2 aromatic carbocycles. The van der Waals surface area contributed by atoms with Crippen LogP contribution in [0.4, 0.5) is 15.8 Å². The Balaban J connectivity index is 2.35. The van der Waals surface area contributed by atoms with Gasteiger partial charge in [0.2, 0.25) is 0 Å². The second kappa shape index (κ2) is 7.79. The number of halogens is 1. The lowest BCUT2D eigenvalue weighted by atomic mass is 9.99. The summed E-state index contributed by atoms with van der Waals surface area (Å²) in [6, 6.07) is 8.77. The summed E-state index contributed by atoms with van der Waals surface area (Å²) in [6.07, 6.45) is 0.103. The van der Waals surface area contributed by atoms with Crippen LogP contribution in [0, 0.1) is 15.9 Å². The van der Waals surface area contributed by atoms with Crippen molar-refractivity contribution in [1.82, 2.24) is 0 Å². The molecule has 7 nitrogen and oxygen atoms in total. The largest absolute Gasteiger partial charge is 0.386 e. The highest BCUT2D eigenvalue weighted by molar-refractivity contribution is 7.90. The molecule has 0 aliphatic carbocycles. The molecule has 0 unspecified atom stereocenters. The van der Waals surface area contributed by atoms with Gasteiger partial charge in [-0.15, -0.1) is 0 Å². The molecule has 2 atom stereocenters. The van der Waals surface area contributed by atoms with Crippen LogP contribution in [-0.4, -0.2) is 30.7 Å². The van der Waals surface area contributed by atoms with E-state index in [1.807, 2.05) is 0 Å². The van der Waals surface area contributed by atoms with Gasteiger partial charge >= 0.3 is 0 Å². The molecule has 0 heterocycles. The van der Waals surface area contributed by atoms with E-state index in [2.05, 4.69) is 5.32 Å². The molecule has 2 N–H and O–H groups in total. The van der Waals surface area contributed by atoms with Crippen molar-refractivity contribution in [3.8, 4) is 0 Å². The molecule has 0 aliphatic rings. The zero-order chi connectivity index (χ0) is 19.5. The van der Waals surface area contributed by atoms with Gasteiger partial charge in [-0.05, 0) is 24.6 Å². The number of rotatable bonds is 7. The standard InChI is InChI=1S/C17H19FN2O5S/c1-3-14(17(21)12-6-4-5-7-13(12)18)19-11-8-9-16(26(2,24)25)15(10-11)20(22)23/h4-10,14,17,19,21H,3H2,1-2H3/t14-,17-/m0/s1. The third-order valence-corrected chi connectivity index (χ3v) is 5.10. The van der Waals surface area contributed by atoms with Gasteiger partial charge in [0.25, 0.3) is 5.69 Å². The molecular weight excluding hydrogens is 363 g/mol. The van der Waals surface area contributed by atoms with Gasteiger partial charge < -0.3 is 10.4 Å². The minimum atomic E-state index is -3.76. The average molecular weight is 382 g/mol. The minimum absolute atomic E-state index is 0.106. The molecule has 0 saturated heterocycles. The Morgan fingerprint density at radius 2 is 1.92 bits per heavy atom. The maximum atomic E-state index is 13.9. The normalized spacial score (nSPS) is 13.8. The molecule has 0 spiro atoms. The molecule has 26 heavy (non-hydrogen) atoms. The van der Waals surface area contributed by atoms with Crippen LogP contribution >= 0.6 is 0 Å². The van der Waals surface area contributed by atoms with Crippen molar-refractivity contribution in [3.63, 3.8) is 0 Å². The topological polar surface area (TPSA) is 110 Å². The summed E-state index contributed by atoms with van der Waals surface area (Å²) in [6.45, 7) is 1.76. The second-order valence-electron chi connectivity index (χ2n) is 5.84. The van der Waals surface area contributed by atoms with Gasteiger partial charge in [0, 0.05) is 23.6 Å². The SMILES string of the molecule is CC[C@H](Nc1ccc(S(C)(=O)=O)c([N+](=O)[O-])c1)[C@@H](O)c1ccccc1F. The monoisotopic (exact) mass is 382 g/mol. The summed E-state index contributed by atoms with van der Waals surface area (Å²) in [4.78, 5) is 10.0. The fraction of sp³-hybridized carbons (Fsp3) is 0.294. The number of aliphatic hydroxyl groups excluding tert-OH is 1. The first kappa shape index (κ1) is 19.8. The summed E-state index contributed by atoms with van der Waals surface area (Å²) >= 11 is 0. The number of nitrogens with one attached hydrogen (secondary N) is 1. The molecule has 0 aromatic heterocycles. The Labute approximate surface area is 150 Å². The quantitative estimate of drug-likeness (QED) is 0.563. The van der Waals surface area contributed by atoms with Gasteiger partial charge in [-0.2, -0.15) is 0 Å². The fourth-order valence-electron chi connectivity index (χ4n) is 2.61. The molecule has 140 valence electrons. The maximum absolute atomic E-state index is 13.9. The first-order valence-electron chi connectivity index (χ1n) is 7.82. The number of nitrogens with zero attached hydrogens (tertiary/aromatic N) is 1. The average Bonchev–Trinajstić information content (AvgIpc) is 2.58. The number of nitro groups is 1. The number of nitro benzene ring substituents is 1. The third-order valence-electron chi connectivity index (χ3n) is 3.95. The van der Waals surface area contributed by atoms with Crippen LogP contribution in [0.15, 0.2) is 47.4 Å².